The highest BCUT2D eigenvalue weighted by Gasteiger charge is 2.33. The molecule has 0 spiro atoms. The van der Waals surface area contributed by atoms with Crippen LogP contribution in [0.3, 0.4) is 0 Å². The molecule has 3 nitrogen and oxygen atoms in total. The van der Waals surface area contributed by atoms with Crippen LogP contribution >= 0.6 is 0 Å². The van der Waals surface area contributed by atoms with Crippen LogP contribution in [0.25, 0.3) is 0 Å². The van der Waals surface area contributed by atoms with Crippen molar-refractivity contribution in [2.75, 3.05) is 10.8 Å². The van der Waals surface area contributed by atoms with Crippen molar-refractivity contribution < 1.29 is 26.0 Å². The molecule has 23 heavy (non-hydrogen) atoms. The lowest BCUT2D eigenvalue weighted by molar-refractivity contribution is 0.504. The molecule has 0 aliphatic carbocycles. The van der Waals surface area contributed by atoms with Gasteiger partial charge in [-0.2, -0.15) is 0 Å². The Kier molecular flexibility index (Phi) is 3.79. The summed E-state index contributed by atoms with van der Waals surface area (Å²) in [6, 6.07) is 3.86. The zero-order valence-electron chi connectivity index (χ0n) is 11.7. The van der Waals surface area contributed by atoms with Crippen molar-refractivity contribution in [3.05, 3.63) is 59.2 Å². The van der Waals surface area contributed by atoms with Gasteiger partial charge in [-0.05, 0) is 43.2 Å². The Bertz CT molecular complexity index is 883. The maximum atomic E-state index is 14.1. The van der Waals surface area contributed by atoms with Crippen molar-refractivity contribution >= 4 is 15.7 Å². The van der Waals surface area contributed by atoms with Gasteiger partial charge in [0, 0.05) is 12.1 Å². The molecule has 122 valence electrons. The normalized spacial score (nSPS) is 14.7. The fourth-order valence-electron chi connectivity index (χ4n) is 2.61. The molecule has 0 saturated heterocycles. The predicted octanol–water partition coefficient (Wildman–Crippen LogP) is 3.38. The van der Waals surface area contributed by atoms with Gasteiger partial charge in [0.05, 0.1) is 10.6 Å². The predicted molar refractivity (Wildman–Crippen MR) is 75.6 cm³/mol. The Morgan fingerprint density at radius 1 is 0.870 bits per heavy atom. The second-order valence-electron chi connectivity index (χ2n) is 5.11. The van der Waals surface area contributed by atoms with E-state index < -0.39 is 38.2 Å². The average molecular weight is 345 g/mol. The van der Waals surface area contributed by atoms with Gasteiger partial charge < -0.3 is 0 Å². The molecule has 0 saturated carbocycles. The summed E-state index contributed by atoms with van der Waals surface area (Å²) < 4.78 is 80.2. The molecule has 1 heterocycles. The first-order valence-electron chi connectivity index (χ1n) is 6.77. The van der Waals surface area contributed by atoms with Gasteiger partial charge in [0.2, 0.25) is 0 Å². The number of anilines is 1. The number of benzene rings is 2. The third-order valence-corrected chi connectivity index (χ3v) is 5.49. The zero-order valence-corrected chi connectivity index (χ0v) is 12.5. The molecule has 0 radical (unpaired) electrons. The lowest BCUT2D eigenvalue weighted by atomic mass is 10.0. The van der Waals surface area contributed by atoms with E-state index in [1.54, 1.807) is 0 Å². The first-order valence-corrected chi connectivity index (χ1v) is 8.21. The minimum absolute atomic E-state index is 0.0394. The van der Waals surface area contributed by atoms with E-state index in [0.717, 1.165) is 18.2 Å². The molecule has 3 rings (SSSR count). The van der Waals surface area contributed by atoms with Crippen molar-refractivity contribution in [3.8, 4) is 0 Å². The summed E-state index contributed by atoms with van der Waals surface area (Å²) in [5.74, 6) is -4.11. The summed E-state index contributed by atoms with van der Waals surface area (Å²) in [5.41, 5.74) is -0.414. The number of hydrogen-bond donors (Lipinski definition) is 0. The van der Waals surface area contributed by atoms with Crippen molar-refractivity contribution in [2.45, 2.75) is 17.7 Å². The Morgan fingerprint density at radius 3 is 2.22 bits per heavy atom. The van der Waals surface area contributed by atoms with E-state index in [-0.39, 0.29) is 30.6 Å². The van der Waals surface area contributed by atoms with E-state index in [0.29, 0.717) is 16.4 Å². The molecule has 1 aliphatic heterocycles. The number of nitrogens with zero attached hydrogens (tertiary/aromatic N) is 1. The van der Waals surface area contributed by atoms with Gasteiger partial charge in [0.1, 0.15) is 11.6 Å². The van der Waals surface area contributed by atoms with E-state index in [9.17, 15) is 26.0 Å². The van der Waals surface area contributed by atoms with Crippen LogP contribution in [0.5, 0.6) is 0 Å². The highest BCUT2D eigenvalue weighted by Crippen LogP contribution is 2.35. The first-order chi connectivity index (χ1) is 10.8. The smallest absolute Gasteiger partial charge is 0.263 e. The summed E-state index contributed by atoms with van der Waals surface area (Å²) >= 11 is 0. The Hall–Kier alpha value is -2.09. The highest BCUT2D eigenvalue weighted by molar-refractivity contribution is 7.92. The Morgan fingerprint density at radius 2 is 1.52 bits per heavy atom. The van der Waals surface area contributed by atoms with Crippen LogP contribution in [0.1, 0.15) is 12.0 Å². The van der Waals surface area contributed by atoms with E-state index in [1.807, 2.05) is 0 Å². The van der Waals surface area contributed by atoms with Gasteiger partial charge in [0.15, 0.2) is 11.6 Å². The van der Waals surface area contributed by atoms with Crippen molar-refractivity contribution in [1.29, 1.82) is 0 Å². The molecule has 1 aliphatic rings. The summed E-state index contributed by atoms with van der Waals surface area (Å²) in [5, 5.41) is 0. The van der Waals surface area contributed by atoms with Crippen LogP contribution < -0.4 is 4.31 Å². The Labute approximate surface area is 130 Å². The average Bonchev–Trinajstić information content (AvgIpc) is 2.53. The summed E-state index contributed by atoms with van der Waals surface area (Å²) in [6.07, 6.45) is 0.485. The monoisotopic (exact) mass is 345 g/mol. The fourth-order valence-corrected chi connectivity index (χ4v) is 4.16. The third kappa shape index (κ3) is 2.56. The zero-order chi connectivity index (χ0) is 16.8. The molecule has 0 amide bonds. The lowest BCUT2D eigenvalue weighted by Crippen LogP contribution is -2.36. The molecular formula is C15H11F4NO2S. The van der Waals surface area contributed by atoms with Crippen LogP contribution in [-0.2, 0) is 16.4 Å². The van der Waals surface area contributed by atoms with Gasteiger partial charge in [-0.15, -0.1) is 0 Å². The SMILES string of the molecule is O=S(=O)(c1ccc(F)c(F)c1)N1CCCc2c(F)ccc(F)c21. The van der Waals surface area contributed by atoms with Crippen LogP contribution in [0.2, 0.25) is 0 Å². The Balaban J connectivity index is 2.16. The maximum Gasteiger partial charge on any atom is 0.264 e. The molecule has 0 bridgehead atoms. The van der Waals surface area contributed by atoms with E-state index in [2.05, 4.69) is 0 Å². The minimum Gasteiger partial charge on any atom is -0.263 e. The molecular weight excluding hydrogens is 334 g/mol. The van der Waals surface area contributed by atoms with Crippen molar-refractivity contribution in [2.24, 2.45) is 0 Å². The summed E-state index contributed by atoms with van der Waals surface area (Å²) in [4.78, 5) is -0.520. The van der Waals surface area contributed by atoms with E-state index in [1.165, 1.54) is 0 Å². The molecule has 0 fully saturated rings. The molecule has 2 aromatic rings. The fraction of sp³-hybridized carbons (Fsp3) is 0.200. The lowest BCUT2D eigenvalue weighted by Gasteiger charge is -2.31. The number of hydrogen-bond acceptors (Lipinski definition) is 2. The second kappa shape index (κ2) is 5.52. The van der Waals surface area contributed by atoms with Gasteiger partial charge in [-0.1, -0.05) is 0 Å². The van der Waals surface area contributed by atoms with Crippen LogP contribution in [0.15, 0.2) is 35.2 Å². The van der Waals surface area contributed by atoms with Crippen LogP contribution in [0.4, 0.5) is 23.2 Å². The number of rotatable bonds is 2. The minimum atomic E-state index is -4.33. The summed E-state index contributed by atoms with van der Waals surface area (Å²) in [7, 11) is -4.33. The molecule has 2 aromatic carbocycles. The second-order valence-corrected chi connectivity index (χ2v) is 6.98. The van der Waals surface area contributed by atoms with Gasteiger partial charge in [0.25, 0.3) is 10.0 Å². The van der Waals surface area contributed by atoms with E-state index in [4.69, 9.17) is 0 Å². The quantitative estimate of drug-likeness (QED) is 0.783. The number of halogens is 4. The number of sulfonamides is 1. The van der Waals surface area contributed by atoms with Gasteiger partial charge in [-0.25, -0.2) is 26.0 Å². The first kappa shape index (κ1) is 15.8. The molecule has 8 heteroatoms. The van der Waals surface area contributed by atoms with E-state index >= 15 is 0 Å². The van der Waals surface area contributed by atoms with Gasteiger partial charge >= 0.3 is 0 Å². The molecule has 0 atom stereocenters. The van der Waals surface area contributed by atoms with Crippen molar-refractivity contribution in [3.63, 3.8) is 0 Å². The standard InChI is InChI=1S/C15H11F4NO2S/c16-11-5-6-13(18)15-10(11)2-1-7-20(15)23(21,22)9-3-4-12(17)14(19)8-9/h3-6,8H,1-2,7H2. The summed E-state index contributed by atoms with van der Waals surface area (Å²) in [6.45, 7) is -0.0747. The third-order valence-electron chi connectivity index (χ3n) is 3.69. The molecule has 0 N–H and O–H groups in total. The highest BCUT2D eigenvalue weighted by atomic mass is 32.2. The number of fused-ring (bicyclic) bond motifs is 1. The van der Waals surface area contributed by atoms with Crippen LogP contribution in [-0.4, -0.2) is 15.0 Å². The molecule has 0 unspecified atom stereocenters. The van der Waals surface area contributed by atoms with Crippen molar-refractivity contribution in [1.82, 2.24) is 0 Å². The maximum absolute atomic E-state index is 14.1. The molecule has 0 aromatic heterocycles. The van der Waals surface area contributed by atoms with Gasteiger partial charge in [-0.3, -0.25) is 4.31 Å². The topological polar surface area (TPSA) is 37.4 Å². The van der Waals surface area contributed by atoms with Crippen LogP contribution in [0, 0.1) is 23.3 Å². The largest absolute Gasteiger partial charge is 0.264 e.